The van der Waals surface area contributed by atoms with Crippen LogP contribution in [0.4, 0.5) is 5.69 Å². The summed E-state index contributed by atoms with van der Waals surface area (Å²) >= 11 is 2.17. The summed E-state index contributed by atoms with van der Waals surface area (Å²) in [5.74, 6) is 0.833. The molecule has 34 heavy (non-hydrogen) atoms. The molecule has 1 aliphatic heterocycles. The summed E-state index contributed by atoms with van der Waals surface area (Å²) in [5.41, 5.74) is 13.1. The van der Waals surface area contributed by atoms with Gasteiger partial charge in [-0.3, -0.25) is 10.2 Å². The van der Waals surface area contributed by atoms with E-state index in [4.69, 9.17) is 15.2 Å². The quantitative estimate of drug-likeness (QED) is 0.359. The summed E-state index contributed by atoms with van der Waals surface area (Å²) < 4.78 is 12.2. The average molecular weight is 568 g/mol. The van der Waals surface area contributed by atoms with Gasteiger partial charge in [-0.05, 0) is 65.3 Å². The van der Waals surface area contributed by atoms with E-state index in [0.717, 1.165) is 26.9 Å². The average Bonchev–Trinajstić information content (AvgIpc) is 2.85. The van der Waals surface area contributed by atoms with E-state index in [2.05, 4.69) is 40.7 Å². The minimum absolute atomic E-state index is 0.0207. The number of nitrogens with zero attached hydrogens (tertiary/aromatic N) is 2. The summed E-state index contributed by atoms with van der Waals surface area (Å²) in [6.07, 6.45) is 3.49. The van der Waals surface area contributed by atoms with Crippen LogP contribution in [0.15, 0.2) is 77.8 Å². The molecule has 1 aliphatic carbocycles. The first-order valence-corrected chi connectivity index (χ1v) is 12.0. The maximum absolute atomic E-state index is 13.3. The number of nitrogens with one attached hydrogen (secondary N) is 1. The number of ketones is 1. The summed E-state index contributed by atoms with van der Waals surface area (Å²) in [5, 5.41) is 11.9. The summed E-state index contributed by atoms with van der Waals surface area (Å²) in [6, 6.07) is 15.6. The fraction of sp³-hybridized carbons (Fsp3) is 0.231. The molecule has 1 atom stereocenters. The first kappa shape index (κ1) is 23.7. The lowest BCUT2D eigenvalue weighted by Gasteiger charge is -2.40. The van der Waals surface area contributed by atoms with Crippen LogP contribution < -0.4 is 20.6 Å². The lowest BCUT2D eigenvalue weighted by atomic mass is 9.76. The largest absolute Gasteiger partial charge is 0.493 e. The number of para-hydroxylation sites is 1. The molecule has 8 heteroatoms. The molecule has 0 aromatic heterocycles. The Morgan fingerprint density at radius 2 is 2.09 bits per heavy atom. The summed E-state index contributed by atoms with van der Waals surface area (Å²) in [4.78, 5) is 13.3. The maximum atomic E-state index is 13.3. The zero-order valence-electron chi connectivity index (χ0n) is 18.8. The molecule has 0 amide bonds. The third-order valence-electron chi connectivity index (χ3n) is 5.86. The van der Waals surface area contributed by atoms with Crippen LogP contribution in [0.25, 0.3) is 0 Å². The van der Waals surface area contributed by atoms with Crippen LogP contribution in [0, 0.1) is 14.9 Å². The van der Waals surface area contributed by atoms with Gasteiger partial charge in [0.1, 0.15) is 12.4 Å². The van der Waals surface area contributed by atoms with E-state index < -0.39 is 5.92 Å². The van der Waals surface area contributed by atoms with Crippen molar-refractivity contribution in [1.82, 2.24) is 5.01 Å². The Kier molecular flexibility index (Phi) is 7.12. The Morgan fingerprint density at radius 3 is 2.76 bits per heavy atom. The van der Waals surface area contributed by atoms with Gasteiger partial charge in [-0.2, -0.15) is 5.26 Å². The minimum atomic E-state index is -0.586. The SMILES string of the molecule is C=CCOc1c(I)cc(C2C(C#N)=C(N)N(Nc3ccccc3)C3=C2C(=O)CCC3)cc1OC. The van der Waals surface area contributed by atoms with Crippen LogP contribution in [0.3, 0.4) is 0 Å². The molecule has 0 bridgehead atoms. The first-order chi connectivity index (χ1) is 16.5. The number of hydrogen-bond acceptors (Lipinski definition) is 7. The van der Waals surface area contributed by atoms with Crippen molar-refractivity contribution in [1.29, 1.82) is 5.26 Å². The van der Waals surface area contributed by atoms with Crippen molar-refractivity contribution in [2.24, 2.45) is 5.73 Å². The molecule has 4 rings (SSSR count). The third kappa shape index (κ3) is 4.35. The molecule has 1 unspecified atom stereocenters. The van der Waals surface area contributed by atoms with Crippen LogP contribution in [0.1, 0.15) is 30.7 Å². The number of hydrogen-bond donors (Lipinski definition) is 2. The van der Waals surface area contributed by atoms with E-state index in [0.29, 0.717) is 42.1 Å². The number of carbonyl (C=O) groups is 1. The number of Topliss-reactive ketones (excluding diaryl/α,β-unsaturated/α-hetero) is 1. The van der Waals surface area contributed by atoms with Gasteiger partial charge in [0.25, 0.3) is 0 Å². The van der Waals surface area contributed by atoms with Crippen LogP contribution in [-0.2, 0) is 4.79 Å². The highest BCUT2D eigenvalue weighted by Gasteiger charge is 2.40. The van der Waals surface area contributed by atoms with E-state index in [1.165, 1.54) is 0 Å². The summed E-state index contributed by atoms with van der Waals surface area (Å²) in [6.45, 7) is 4.03. The molecule has 1 heterocycles. The molecule has 0 fully saturated rings. The van der Waals surface area contributed by atoms with Crippen molar-refractivity contribution in [2.75, 3.05) is 19.1 Å². The second-order valence-corrected chi connectivity index (χ2v) is 9.09. The van der Waals surface area contributed by atoms with Crippen molar-refractivity contribution < 1.29 is 14.3 Å². The van der Waals surface area contributed by atoms with Gasteiger partial charge in [-0.1, -0.05) is 30.9 Å². The Labute approximate surface area is 212 Å². The van der Waals surface area contributed by atoms with E-state index in [1.807, 2.05) is 42.5 Å². The van der Waals surface area contributed by atoms with Crippen LogP contribution >= 0.6 is 22.6 Å². The predicted octanol–water partition coefficient (Wildman–Crippen LogP) is 4.99. The van der Waals surface area contributed by atoms with Gasteiger partial charge >= 0.3 is 0 Å². The number of methoxy groups -OCH3 is 1. The summed E-state index contributed by atoms with van der Waals surface area (Å²) in [7, 11) is 1.56. The fourth-order valence-corrected chi connectivity index (χ4v) is 5.16. The van der Waals surface area contributed by atoms with E-state index in [9.17, 15) is 10.1 Å². The number of hydrazine groups is 1. The number of rotatable bonds is 7. The Hall–Kier alpha value is -3.45. The van der Waals surface area contributed by atoms with Gasteiger partial charge in [-0.25, -0.2) is 5.01 Å². The predicted molar refractivity (Wildman–Crippen MR) is 139 cm³/mol. The van der Waals surface area contributed by atoms with Crippen molar-refractivity contribution in [2.45, 2.75) is 25.2 Å². The number of allylic oxidation sites excluding steroid dienone is 3. The first-order valence-electron chi connectivity index (χ1n) is 10.9. The second kappa shape index (κ2) is 10.2. The van der Waals surface area contributed by atoms with E-state index in [-0.39, 0.29) is 11.6 Å². The van der Waals surface area contributed by atoms with Gasteiger partial charge in [0.2, 0.25) is 0 Å². The highest BCUT2D eigenvalue weighted by atomic mass is 127. The monoisotopic (exact) mass is 568 g/mol. The molecule has 2 aromatic rings. The number of halogens is 1. The van der Waals surface area contributed by atoms with Gasteiger partial charge in [0, 0.05) is 17.7 Å². The molecule has 174 valence electrons. The normalized spacial score (nSPS) is 17.7. The number of ether oxygens (including phenoxy) is 2. The molecule has 0 saturated heterocycles. The molecular formula is C26H25IN4O3. The number of carbonyl (C=O) groups excluding carboxylic acids is 1. The molecule has 0 saturated carbocycles. The number of nitrogens with two attached hydrogens (primary N) is 1. The maximum Gasteiger partial charge on any atom is 0.174 e. The molecule has 0 spiro atoms. The Morgan fingerprint density at radius 1 is 1.32 bits per heavy atom. The minimum Gasteiger partial charge on any atom is -0.493 e. The van der Waals surface area contributed by atoms with Crippen molar-refractivity contribution >= 4 is 34.1 Å². The molecule has 7 nitrogen and oxygen atoms in total. The zero-order valence-corrected chi connectivity index (χ0v) is 21.0. The number of benzene rings is 2. The van der Waals surface area contributed by atoms with Gasteiger partial charge in [0.15, 0.2) is 17.3 Å². The van der Waals surface area contributed by atoms with Crippen LogP contribution in [0.2, 0.25) is 0 Å². The topological polar surface area (TPSA) is 101 Å². The Bertz CT molecular complexity index is 1230. The lowest BCUT2D eigenvalue weighted by molar-refractivity contribution is -0.116. The van der Waals surface area contributed by atoms with Crippen molar-refractivity contribution in [3.63, 3.8) is 0 Å². The molecule has 2 aliphatic rings. The van der Waals surface area contributed by atoms with Crippen LogP contribution in [0.5, 0.6) is 11.5 Å². The van der Waals surface area contributed by atoms with E-state index in [1.54, 1.807) is 18.2 Å². The number of nitriles is 1. The van der Waals surface area contributed by atoms with E-state index >= 15 is 0 Å². The van der Waals surface area contributed by atoms with Gasteiger partial charge in [0.05, 0.1) is 33.9 Å². The second-order valence-electron chi connectivity index (χ2n) is 7.93. The highest BCUT2D eigenvalue weighted by Crippen LogP contribution is 2.47. The fourth-order valence-electron chi connectivity index (χ4n) is 4.38. The molecule has 2 aromatic carbocycles. The van der Waals surface area contributed by atoms with Gasteiger partial charge < -0.3 is 15.2 Å². The lowest BCUT2D eigenvalue weighted by Crippen LogP contribution is -2.41. The smallest absolute Gasteiger partial charge is 0.174 e. The van der Waals surface area contributed by atoms with Crippen LogP contribution in [-0.4, -0.2) is 24.5 Å². The Balaban J connectivity index is 1.87. The van der Waals surface area contributed by atoms with Crippen molar-refractivity contribution in [3.05, 3.63) is 86.9 Å². The highest BCUT2D eigenvalue weighted by molar-refractivity contribution is 14.1. The molecule has 0 radical (unpaired) electrons. The van der Waals surface area contributed by atoms with Crippen molar-refractivity contribution in [3.8, 4) is 17.6 Å². The zero-order chi connectivity index (χ0) is 24.2. The number of anilines is 1. The molecular weight excluding hydrogens is 543 g/mol. The van der Waals surface area contributed by atoms with Gasteiger partial charge in [-0.15, -0.1) is 0 Å². The molecule has 3 N–H and O–H groups in total. The standard InChI is InChI=1S/C26H25IN4O3/c1-3-12-34-25-19(27)13-16(14-22(25)33-2)23-18(15-28)26(29)31(30-17-8-5-4-6-9-17)20-10-7-11-21(32)24(20)23/h3-6,8-9,13-14,23,30H,1,7,10-12,29H2,2H3. The third-order valence-corrected chi connectivity index (χ3v) is 6.66.